The van der Waals surface area contributed by atoms with Crippen LogP contribution in [0.5, 0.6) is 0 Å². The summed E-state index contributed by atoms with van der Waals surface area (Å²) in [5, 5.41) is 19.0. The van der Waals surface area contributed by atoms with Crippen LogP contribution >= 0.6 is 0 Å². The summed E-state index contributed by atoms with van der Waals surface area (Å²) in [5.41, 5.74) is 0.764. The van der Waals surface area contributed by atoms with Gasteiger partial charge in [-0.3, -0.25) is 4.79 Å². The molecule has 0 saturated carbocycles. The van der Waals surface area contributed by atoms with Gasteiger partial charge in [0.2, 0.25) is 0 Å². The summed E-state index contributed by atoms with van der Waals surface area (Å²) in [6.07, 6.45) is 5.45. The van der Waals surface area contributed by atoms with E-state index >= 15 is 0 Å². The van der Waals surface area contributed by atoms with E-state index in [0.29, 0.717) is 41.6 Å². The highest BCUT2D eigenvalue weighted by Crippen LogP contribution is 2.35. The molecule has 1 unspecified atom stereocenters. The molecular weight excluding hydrogens is 394 g/mol. The molecule has 31 heavy (non-hydrogen) atoms. The molecule has 0 spiro atoms. The summed E-state index contributed by atoms with van der Waals surface area (Å²) in [5.74, 6) is 1.14. The standard InChI is InChI=1S/C23H29N5O3/c1-5-23(4,30)20-16(3)31-21(26-20)17-11-10-15(2)27(14-17)22(29)18-8-6-7-9-19(18)28-24-12-13-25-28/h6-9,12-13,15,17,30H,5,10-11,14H2,1-4H3/t15-,17-,23?/m1/s1. The van der Waals surface area contributed by atoms with E-state index in [4.69, 9.17) is 4.42 Å². The second-order valence-electron chi connectivity index (χ2n) is 8.50. The Morgan fingerprint density at radius 2 is 1.97 bits per heavy atom. The second-order valence-corrected chi connectivity index (χ2v) is 8.50. The number of oxazole rings is 1. The highest BCUT2D eigenvalue weighted by atomic mass is 16.4. The lowest BCUT2D eigenvalue weighted by atomic mass is 9.92. The zero-order valence-corrected chi connectivity index (χ0v) is 18.4. The molecule has 1 N–H and O–H groups in total. The fraction of sp³-hybridized carbons (Fsp3) is 0.478. The van der Waals surface area contributed by atoms with Crippen LogP contribution in [0.3, 0.4) is 0 Å². The van der Waals surface area contributed by atoms with Gasteiger partial charge in [-0.15, -0.1) is 0 Å². The Bertz CT molecular complexity index is 1060. The average Bonchev–Trinajstić information content (AvgIpc) is 3.44. The van der Waals surface area contributed by atoms with Crippen molar-refractivity contribution in [3.63, 3.8) is 0 Å². The Balaban J connectivity index is 1.61. The third kappa shape index (κ3) is 3.99. The number of aryl methyl sites for hydroxylation is 1. The first-order chi connectivity index (χ1) is 14.8. The third-order valence-electron chi connectivity index (χ3n) is 6.27. The van der Waals surface area contributed by atoms with Crippen LogP contribution < -0.4 is 0 Å². The van der Waals surface area contributed by atoms with Crippen LogP contribution in [0.2, 0.25) is 0 Å². The lowest BCUT2D eigenvalue weighted by Crippen LogP contribution is -2.45. The first-order valence-corrected chi connectivity index (χ1v) is 10.8. The van der Waals surface area contributed by atoms with Gasteiger partial charge in [0.05, 0.1) is 29.6 Å². The van der Waals surface area contributed by atoms with Crippen molar-refractivity contribution >= 4 is 5.91 Å². The minimum Gasteiger partial charge on any atom is -0.445 e. The largest absolute Gasteiger partial charge is 0.445 e. The third-order valence-corrected chi connectivity index (χ3v) is 6.27. The fourth-order valence-electron chi connectivity index (χ4n) is 4.17. The molecule has 8 nitrogen and oxygen atoms in total. The number of hydrogen-bond acceptors (Lipinski definition) is 6. The number of aromatic nitrogens is 4. The quantitative estimate of drug-likeness (QED) is 0.674. The van der Waals surface area contributed by atoms with Gasteiger partial charge in [-0.1, -0.05) is 19.1 Å². The summed E-state index contributed by atoms with van der Waals surface area (Å²) in [6, 6.07) is 7.47. The van der Waals surface area contributed by atoms with Crippen molar-refractivity contribution in [3.8, 4) is 5.69 Å². The van der Waals surface area contributed by atoms with Gasteiger partial charge in [0, 0.05) is 12.6 Å². The zero-order chi connectivity index (χ0) is 22.2. The van der Waals surface area contributed by atoms with E-state index in [1.807, 2.05) is 43.0 Å². The lowest BCUT2D eigenvalue weighted by Gasteiger charge is -2.37. The number of para-hydroxylation sites is 1. The Kier molecular flexibility index (Phi) is 5.66. The molecule has 3 atom stereocenters. The molecule has 1 fully saturated rings. The summed E-state index contributed by atoms with van der Waals surface area (Å²) < 4.78 is 5.96. The first kappa shape index (κ1) is 21.2. The maximum Gasteiger partial charge on any atom is 0.256 e. The lowest BCUT2D eigenvalue weighted by molar-refractivity contribution is 0.0473. The van der Waals surface area contributed by atoms with Crippen LogP contribution in [-0.2, 0) is 5.60 Å². The maximum atomic E-state index is 13.5. The van der Waals surface area contributed by atoms with Gasteiger partial charge in [0.15, 0.2) is 5.89 Å². The van der Waals surface area contributed by atoms with Crippen molar-refractivity contribution < 1.29 is 14.3 Å². The van der Waals surface area contributed by atoms with E-state index in [-0.39, 0.29) is 17.9 Å². The van der Waals surface area contributed by atoms with E-state index in [1.165, 1.54) is 4.80 Å². The van der Waals surface area contributed by atoms with Crippen molar-refractivity contribution in [2.45, 2.75) is 64.5 Å². The normalized spacial score (nSPS) is 21.1. The number of piperidine rings is 1. The molecule has 0 radical (unpaired) electrons. The molecule has 0 aliphatic carbocycles. The SMILES string of the molecule is CCC(C)(O)c1nc([C@@H]2CC[C@@H](C)N(C(=O)c3ccccc3-n3nccn3)C2)oc1C. The number of carbonyl (C=O) groups excluding carboxylic acids is 1. The Morgan fingerprint density at radius 3 is 2.68 bits per heavy atom. The molecule has 2 aromatic heterocycles. The molecule has 3 aromatic rings. The number of carbonyl (C=O) groups is 1. The molecule has 1 aliphatic heterocycles. The number of aliphatic hydroxyl groups is 1. The number of nitrogens with zero attached hydrogens (tertiary/aromatic N) is 5. The van der Waals surface area contributed by atoms with Crippen LogP contribution in [-0.4, -0.2) is 48.5 Å². The van der Waals surface area contributed by atoms with E-state index in [1.54, 1.807) is 19.3 Å². The Labute approximate surface area is 181 Å². The van der Waals surface area contributed by atoms with Crippen molar-refractivity contribution in [1.82, 2.24) is 24.9 Å². The van der Waals surface area contributed by atoms with Crippen LogP contribution in [0, 0.1) is 6.92 Å². The molecule has 4 rings (SSSR count). The molecule has 164 valence electrons. The van der Waals surface area contributed by atoms with Gasteiger partial charge >= 0.3 is 0 Å². The minimum absolute atomic E-state index is 0.0183. The topological polar surface area (TPSA) is 97.3 Å². The maximum absolute atomic E-state index is 13.5. The molecule has 1 aromatic carbocycles. The Hall–Kier alpha value is -3.00. The predicted octanol–water partition coefficient (Wildman–Crippen LogP) is 3.59. The van der Waals surface area contributed by atoms with Gasteiger partial charge in [-0.2, -0.15) is 15.0 Å². The molecule has 8 heteroatoms. The smallest absolute Gasteiger partial charge is 0.256 e. The predicted molar refractivity (Wildman–Crippen MR) is 115 cm³/mol. The van der Waals surface area contributed by atoms with Gasteiger partial charge in [0.1, 0.15) is 17.1 Å². The number of benzene rings is 1. The molecule has 1 aliphatic rings. The fourth-order valence-corrected chi connectivity index (χ4v) is 4.17. The van der Waals surface area contributed by atoms with Gasteiger partial charge < -0.3 is 14.4 Å². The molecule has 0 bridgehead atoms. The van der Waals surface area contributed by atoms with Gasteiger partial charge in [-0.25, -0.2) is 4.98 Å². The van der Waals surface area contributed by atoms with Crippen LogP contribution in [0.25, 0.3) is 5.69 Å². The van der Waals surface area contributed by atoms with E-state index in [2.05, 4.69) is 22.1 Å². The second kappa shape index (κ2) is 8.26. The van der Waals surface area contributed by atoms with E-state index in [9.17, 15) is 9.90 Å². The van der Waals surface area contributed by atoms with Crippen LogP contribution in [0.15, 0.2) is 41.1 Å². The molecule has 1 saturated heterocycles. The number of amides is 1. The summed E-state index contributed by atoms with van der Waals surface area (Å²) in [6.45, 7) is 8.08. The number of rotatable bonds is 5. The van der Waals surface area contributed by atoms with Crippen LogP contribution in [0.1, 0.15) is 73.7 Å². The summed E-state index contributed by atoms with van der Waals surface area (Å²) >= 11 is 0. The Morgan fingerprint density at radius 1 is 1.26 bits per heavy atom. The average molecular weight is 424 g/mol. The van der Waals surface area contributed by atoms with Crippen molar-refractivity contribution in [2.24, 2.45) is 0 Å². The van der Waals surface area contributed by atoms with Crippen molar-refractivity contribution in [1.29, 1.82) is 0 Å². The van der Waals surface area contributed by atoms with Gasteiger partial charge in [-0.05, 0) is 52.2 Å². The minimum atomic E-state index is -1.03. The first-order valence-electron chi connectivity index (χ1n) is 10.8. The summed E-state index contributed by atoms with van der Waals surface area (Å²) in [7, 11) is 0. The molecular formula is C23H29N5O3. The van der Waals surface area contributed by atoms with E-state index in [0.717, 1.165) is 12.8 Å². The number of hydrogen-bond donors (Lipinski definition) is 1. The molecule has 1 amide bonds. The van der Waals surface area contributed by atoms with Crippen molar-refractivity contribution in [2.75, 3.05) is 6.54 Å². The zero-order valence-electron chi connectivity index (χ0n) is 18.4. The van der Waals surface area contributed by atoms with Crippen LogP contribution in [0.4, 0.5) is 0 Å². The molecule has 3 heterocycles. The van der Waals surface area contributed by atoms with Crippen molar-refractivity contribution in [3.05, 3.63) is 59.6 Å². The monoisotopic (exact) mass is 423 g/mol. The highest BCUT2D eigenvalue weighted by molar-refractivity contribution is 5.98. The van der Waals surface area contributed by atoms with E-state index < -0.39 is 5.60 Å². The number of likely N-dealkylation sites (tertiary alicyclic amines) is 1. The summed E-state index contributed by atoms with van der Waals surface area (Å²) in [4.78, 5) is 21.5. The van der Waals surface area contributed by atoms with Gasteiger partial charge in [0.25, 0.3) is 5.91 Å². The highest BCUT2D eigenvalue weighted by Gasteiger charge is 2.36.